The molecule has 3 N–H and O–H groups in total. The van der Waals surface area contributed by atoms with Crippen LogP contribution >= 0.6 is 0 Å². The molecule has 0 aliphatic heterocycles. The fourth-order valence-corrected chi connectivity index (χ4v) is 2.86. The number of carbonyl (C=O) groups excluding carboxylic acids is 1. The van der Waals surface area contributed by atoms with Crippen LogP contribution in [0.5, 0.6) is 5.75 Å². The topological polar surface area (TPSA) is 153 Å². The number of carbonyl (C=O) groups is 1. The van der Waals surface area contributed by atoms with Crippen molar-refractivity contribution in [3.63, 3.8) is 0 Å². The highest BCUT2D eigenvalue weighted by Gasteiger charge is 2.19. The Hall–Kier alpha value is -4.81. The summed E-state index contributed by atoms with van der Waals surface area (Å²) < 4.78 is 40.8. The van der Waals surface area contributed by atoms with Crippen LogP contribution in [0.3, 0.4) is 0 Å². The molecule has 0 unspecified atom stereocenters. The number of nitrogens with one attached hydrogen (secondary N) is 3. The molecule has 4 aromatic heterocycles. The second-order valence-corrected chi connectivity index (χ2v) is 6.70. The average Bonchev–Trinajstić information content (AvgIpc) is 2.85. The van der Waals surface area contributed by atoms with Crippen molar-refractivity contribution in [1.29, 1.82) is 0 Å². The van der Waals surface area contributed by atoms with Crippen molar-refractivity contribution in [2.24, 2.45) is 0 Å². The smallest absolute Gasteiger partial charge is 0.273 e. The van der Waals surface area contributed by atoms with E-state index in [4.69, 9.17) is 8.85 Å². The summed E-state index contributed by atoms with van der Waals surface area (Å²) in [6.45, 7) is -0.983. The van der Waals surface area contributed by atoms with E-state index < -0.39 is 18.7 Å². The number of methoxy groups -OCH3 is 1. The standard InChI is InChI=1S/C21H19FN10O2/c1-11-7-26-16(10-25-11)30-15-6-14(17(32-31-15)21(33)23-2)29-20-18(34-3)13(4-5-24-20)19-27-8-12(22)9-28-19/h4-10H,1-3H3,(H,23,33)(H2,24,26,29,30,31)/i2D3. The second kappa shape index (κ2) is 9.77. The first-order valence-electron chi connectivity index (χ1n) is 11.2. The summed E-state index contributed by atoms with van der Waals surface area (Å²) in [6, 6.07) is 2.97. The summed E-state index contributed by atoms with van der Waals surface area (Å²) in [7, 11) is 1.38. The van der Waals surface area contributed by atoms with Crippen molar-refractivity contribution in [3.8, 4) is 17.1 Å². The van der Waals surface area contributed by atoms with Gasteiger partial charge in [0.25, 0.3) is 5.91 Å². The number of hydrogen-bond acceptors (Lipinski definition) is 11. The number of hydrogen-bond donors (Lipinski definition) is 3. The highest BCUT2D eigenvalue weighted by Crippen LogP contribution is 2.35. The molecule has 0 saturated heterocycles. The molecule has 1 amide bonds. The molecule has 172 valence electrons. The minimum atomic E-state index is -2.76. The van der Waals surface area contributed by atoms with Gasteiger partial charge in [-0.25, -0.2) is 24.3 Å². The number of aromatic nitrogens is 7. The predicted octanol–water partition coefficient (Wildman–Crippen LogP) is 2.42. The van der Waals surface area contributed by atoms with Crippen LogP contribution in [0.2, 0.25) is 0 Å². The minimum Gasteiger partial charge on any atom is -0.492 e. The molecular formula is C21H19FN10O2. The van der Waals surface area contributed by atoms with Crippen LogP contribution in [-0.2, 0) is 0 Å². The van der Waals surface area contributed by atoms with E-state index in [9.17, 15) is 9.18 Å². The summed E-state index contributed by atoms with van der Waals surface area (Å²) in [5, 5.41) is 15.6. The van der Waals surface area contributed by atoms with Gasteiger partial charge in [0.1, 0.15) is 5.82 Å². The molecule has 12 nitrogen and oxygen atoms in total. The minimum absolute atomic E-state index is 0.0438. The lowest BCUT2D eigenvalue weighted by atomic mass is 10.2. The van der Waals surface area contributed by atoms with E-state index in [-0.39, 0.29) is 34.6 Å². The van der Waals surface area contributed by atoms with Crippen molar-refractivity contribution in [2.75, 3.05) is 24.7 Å². The van der Waals surface area contributed by atoms with E-state index in [0.717, 1.165) is 12.4 Å². The van der Waals surface area contributed by atoms with Crippen molar-refractivity contribution >= 4 is 29.0 Å². The second-order valence-electron chi connectivity index (χ2n) is 6.70. The number of pyridine rings is 1. The third-order valence-electron chi connectivity index (χ3n) is 4.38. The van der Waals surface area contributed by atoms with Gasteiger partial charge in [-0.2, -0.15) is 0 Å². The van der Waals surface area contributed by atoms with Gasteiger partial charge < -0.3 is 20.7 Å². The maximum atomic E-state index is 13.3. The molecule has 4 heterocycles. The highest BCUT2D eigenvalue weighted by molar-refractivity contribution is 5.98. The Labute approximate surface area is 197 Å². The van der Waals surface area contributed by atoms with Crippen LogP contribution in [0.4, 0.5) is 27.5 Å². The normalized spacial score (nSPS) is 12.1. The lowest BCUT2D eigenvalue weighted by molar-refractivity contribution is 0.0958. The van der Waals surface area contributed by atoms with Gasteiger partial charge in [0.2, 0.25) is 0 Å². The van der Waals surface area contributed by atoms with E-state index in [1.54, 1.807) is 19.2 Å². The monoisotopic (exact) mass is 465 g/mol. The zero-order chi connectivity index (χ0) is 26.6. The number of halogens is 1. The third kappa shape index (κ3) is 4.82. The lowest BCUT2D eigenvalue weighted by Gasteiger charge is -2.15. The quantitative estimate of drug-likeness (QED) is 0.369. The first-order chi connectivity index (χ1) is 17.6. The van der Waals surface area contributed by atoms with Crippen molar-refractivity contribution in [2.45, 2.75) is 6.92 Å². The molecular weight excluding hydrogens is 443 g/mol. The number of rotatable bonds is 7. The van der Waals surface area contributed by atoms with Gasteiger partial charge in [-0.15, -0.1) is 10.2 Å². The van der Waals surface area contributed by atoms with Crippen LogP contribution in [0.1, 0.15) is 20.3 Å². The Morgan fingerprint density at radius 3 is 2.56 bits per heavy atom. The third-order valence-corrected chi connectivity index (χ3v) is 4.38. The molecule has 0 spiro atoms. The number of anilines is 4. The van der Waals surface area contributed by atoms with E-state index in [0.29, 0.717) is 17.1 Å². The average molecular weight is 465 g/mol. The van der Waals surface area contributed by atoms with Crippen molar-refractivity contribution in [3.05, 3.63) is 60.3 Å². The molecule has 0 aliphatic rings. The number of nitrogens with zero attached hydrogens (tertiary/aromatic N) is 7. The van der Waals surface area contributed by atoms with Crippen LogP contribution in [0, 0.1) is 12.7 Å². The van der Waals surface area contributed by atoms with Gasteiger partial charge in [0, 0.05) is 23.4 Å². The van der Waals surface area contributed by atoms with Crippen LogP contribution in [0.25, 0.3) is 11.4 Å². The number of ether oxygens (including phenoxy) is 1. The number of aryl methyl sites for hydroxylation is 1. The van der Waals surface area contributed by atoms with Crippen molar-refractivity contribution < 1.29 is 18.0 Å². The molecule has 0 aliphatic carbocycles. The van der Waals surface area contributed by atoms with Gasteiger partial charge in [0.15, 0.2) is 34.7 Å². The van der Waals surface area contributed by atoms with Gasteiger partial charge in [-0.3, -0.25) is 9.78 Å². The highest BCUT2D eigenvalue weighted by atomic mass is 19.1. The fourth-order valence-electron chi connectivity index (χ4n) is 2.86. The molecule has 0 radical (unpaired) electrons. The van der Waals surface area contributed by atoms with E-state index >= 15 is 0 Å². The van der Waals surface area contributed by atoms with Crippen LogP contribution < -0.4 is 20.7 Å². The maximum Gasteiger partial charge on any atom is 0.273 e. The van der Waals surface area contributed by atoms with Gasteiger partial charge >= 0.3 is 0 Å². The zero-order valence-corrected chi connectivity index (χ0v) is 17.9. The van der Waals surface area contributed by atoms with Crippen LogP contribution in [-0.4, -0.2) is 55.1 Å². The molecule has 0 aromatic carbocycles. The SMILES string of the molecule is [2H]C([2H])([2H])NC(=O)c1nnc(Nc2cnc(C)cn2)cc1Nc1nccc(-c2ncc(F)cn2)c1OC. The lowest BCUT2D eigenvalue weighted by Crippen LogP contribution is -2.21. The largest absolute Gasteiger partial charge is 0.492 e. The Bertz CT molecular complexity index is 1420. The summed E-state index contributed by atoms with van der Waals surface area (Å²) in [5.41, 5.74) is 0.800. The predicted molar refractivity (Wildman–Crippen MR) is 121 cm³/mol. The molecule has 34 heavy (non-hydrogen) atoms. The summed E-state index contributed by atoms with van der Waals surface area (Å²) in [5.74, 6) is -0.635. The molecule has 0 fully saturated rings. The Kier molecular flexibility index (Phi) is 5.38. The maximum absolute atomic E-state index is 13.3. The summed E-state index contributed by atoms with van der Waals surface area (Å²) in [4.78, 5) is 33.2. The van der Waals surface area contributed by atoms with E-state index in [1.807, 2.05) is 5.32 Å². The first kappa shape index (κ1) is 18.7. The molecule has 0 saturated carbocycles. The molecule has 0 bridgehead atoms. The van der Waals surface area contributed by atoms with Gasteiger partial charge in [-0.05, 0) is 13.0 Å². The van der Waals surface area contributed by atoms with E-state index in [1.165, 1.54) is 25.6 Å². The number of amides is 1. The Morgan fingerprint density at radius 1 is 1.03 bits per heavy atom. The zero-order valence-electron chi connectivity index (χ0n) is 20.9. The Balaban J connectivity index is 1.75. The van der Waals surface area contributed by atoms with Gasteiger partial charge in [0.05, 0.1) is 48.8 Å². The van der Waals surface area contributed by atoms with E-state index in [2.05, 4.69) is 45.8 Å². The molecule has 4 aromatic rings. The van der Waals surface area contributed by atoms with Crippen molar-refractivity contribution in [1.82, 2.24) is 40.4 Å². The first-order valence-corrected chi connectivity index (χ1v) is 9.67. The summed E-state index contributed by atoms with van der Waals surface area (Å²) >= 11 is 0. The molecule has 13 heteroatoms. The molecule has 0 atom stereocenters. The Morgan fingerprint density at radius 2 is 1.85 bits per heavy atom. The fraction of sp³-hybridized carbons (Fsp3) is 0.143. The van der Waals surface area contributed by atoms with Crippen LogP contribution in [0.15, 0.2) is 43.1 Å². The summed E-state index contributed by atoms with van der Waals surface area (Å²) in [6.07, 6.45) is 6.46. The molecule has 4 rings (SSSR count). The van der Waals surface area contributed by atoms with Gasteiger partial charge in [-0.1, -0.05) is 0 Å².